The number of furan rings is 1. The summed E-state index contributed by atoms with van der Waals surface area (Å²) in [5.74, 6) is 1.81. The zero-order valence-corrected chi connectivity index (χ0v) is 25.1. The molecule has 5 heteroatoms. The van der Waals surface area contributed by atoms with Crippen molar-refractivity contribution in [1.29, 1.82) is 0 Å². The molecule has 218 valence electrons. The molecule has 0 unspecified atom stereocenters. The average Bonchev–Trinajstić information content (AvgIpc) is 3.69. The molecule has 1 aliphatic rings. The molecule has 10 rings (SSSR count). The minimum atomic E-state index is 0.585. The van der Waals surface area contributed by atoms with Gasteiger partial charge in [-0.05, 0) is 68.4 Å². The molecule has 0 radical (unpaired) electrons. The van der Waals surface area contributed by atoms with Crippen molar-refractivity contribution >= 4 is 32.7 Å². The summed E-state index contributed by atoms with van der Waals surface area (Å²) in [6, 6.07) is 46.3. The van der Waals surface area contributed by atoms with E-state index in [1.807, 2.05) is 60.8 Å². The van der Waals surface area contributed by atoms with Crippen molar-refractivity contribution in [2.24, 2.45) is 0 Å². The SMILES string of the molecule is c1ccc(-c2nc(-c3ccc(-c4cc5c6c(cccc6c4)-c4ccccc4-5)cc3)nc(-c3cccc4oc5ccncc5c34)n2)cc1. The molecule has 0 saturated heterocycles. The van der Waals surface area contributed by atoms with Crippen molar-refractivity contribution in [1.82, 2.24) is 19.9 Å². The molecule has 0 amide bonds. The van der Waals surface area contributed by atoms with Gasteiger partial charge in [-0.1, -0.05) is 109 Å². The van der Waals surface area contributed by atoms with E-state index in [2.05, 4.69) is 83.8 Å². The fourth-order valence-corrected chi connectivity index (χ4v) is 7.00. The Morgan fingerprint density at radius 1 is 0.404 bits per heavy atom. The molecule has 47 heavy (non-hydrogen) atoms. The molecular formula is C42H24N4O. The lowest BCUT2D eigenvalue weighted by Gasteiger charge is -2.11. The van der Waals surface area contributed by atoms with Crippen LogP contribution < -0.4 is 0 Å². The van der Waals surface area contributed by atoms with Gasteiger partial charge in [0.25, 0.3) is 0 Å². The Hall–Kier alpha value is -6.46. The first-order chi connectivity index (χ1) is 23.3. The molecule has 9 aromatic rings. The molecule has 5 nitrogen and oxygen atoms in total. The summed E-state index contributed by atoms with van der Waals surface area (Å²) >= 11 is 0. The largest absolute Gasteiger partial charge is 0.456 e. The number of nitrogens with zero attached hydrogens (tertiary/aromatic N) is 4. The normalized spacial score (nSPS) is 11.8. The van der Waals surface area contributed by atoms with Gasteiger partial charge in [0.05, 0.1) is 0 Å². The first kappa shape index (κ1) is 25.8. The lowest BCUT2D eigenvalue weighted by molar-refractivity contribution is 0.668. The highest BCUT2D eigenvalue weighted by Gasteiger charge is 2.22. The van der Waals surface area contributed by atoms with Gasteiger partial charge in [0.15, 0.2) is 17.5 Å². The molecule has 0 aliphatic heterocycles. The Morgan fingerprint density at radius 3 is 1.89 bits per heavy atom. The number of pyridine rings is 1. The molecular weight excluding hydrogens is 576 g/mol. The van der Waals surface area contributed by atoms with Gasteiger partial charge in [0.2, 0.25) is 0 Å². The molecule has 0 saturated carbocycles. The minimum Gasteiger partial charge on any atom is -0.456 e. The zero-order chi connectivity index (χ0) is 30.9. The van der Waals surface area contributed by atoms with Gasteiger partial charge in [-0.2, -0.15) is 0 Å². The van der Waals surface area contributed by atoms with Gasteiger partial charge in [-0.15, -0.1) is 0 Å². The second kappa shape index (κ2) is 10.0. The number of hydrogen-bond donors (Lipinski definition) is 0. The third-order valence-electron chi connectivity index (χ3n) is 9.17. The van der Waals surface area contributed by atoms with Crippen LogP contribution in [-0.2, 0) is 0 Å². The molecule has 1 aliphatic carbocycles. The monoisotopic (exact) mass is 600 g/mol. The highest BCUT2D eigenvalue weighted by Crippen LogP contribution is 2.48. The maximum absolute atomic E-state index is 6.15. The number of hydrogen-bond acceptors (Lipinski definition) is 5. The standard InChI is InChI=1S/C42H24N4O/c1-2-8-26(9-3-1)40-44-41(46-42(45-40)33-14-7-15-37-39(33)35-24-43-21-20-36(35)47-37)27-18-16-25(17-19-27)29-22-28-10-6-13-32-30-11-4-5-12-31(30)34(23-29)38(28)32/h1-24H. The second-order valence-corrected chi connectivity index (χ2v) is 11.9. The van der Waals surface area contributed by atoms with Crippen LogP contribution in [0.3, 0.4) is 0 Å². The molecule has 0 atom stereocenters. The maximum Gasteiger partial charge on any atom is 0.164 e. The van der Waals surface area contributed by atoms with Crippen LogP contribution in [0.15, 0.2) is 150 Å². The molecule has 0 bridgehead atoms. The van der Waals surface area contributed by atoms with Crippen molar-refractivity contribution in [3.63, 3.8) is 0 Å². The highest BCUT2D eigenvalue weighted by molar-refractivity contribution is 6.16. The Bertz CT molecular complexity index is 2680. The van der Waals surface area contributed by atoms with Crippen LogP contribution in [-0.4, -0.2) is 19.9 Å². The molecule has 0 spiro atoms. The number of benzene rings is 6. The van der Waals surface area contributed by atoms with Crippen LogP contribution in [0.5, 0.6) is 0 Å². The van der Waals surface area contributed by atoms with Gasteiger partial charge in [-0.25, -0.2) is 15.0 Å². The number of aromatic nitrogens is 4. The quantitative estimate of drug-likeness (QED) is 0.201. The first-order valence-corrected chi connectivity index (χ1v) is 15.6. The first-order valence-electron chi connectivity index (χ1n) is 15.6. The van der Waals surface area contributed by atoms with Crippen molar-refractivity contribution in [3.05, 3.63) is 146 Å². The van der Waals surface area contributed by atoms with Crippen LogP contribution in [0.25, 0.3) is 100 Å². The fourth-order valence-electron chi connectivity index (χ4n) is 7.00. The van der Waals surface area contributed by atoms with Crippen LogP contribution in [0.4, 0.5) is 0 Å². The van der Waals surface area contributed by atoms with Crippen LogP contribution in [0.1, 0.15) is 0 Å². The Morgan fingerprint density at radius 2 is 1.06 bits per heavy atom. The summed E-state index contributed by atoms with van der Waals surface area (Å²) < 4.78 is 6.15. The van der Waals surface area contributed by atoms with Crippen molar-refractivity contribution in [2.75, 3.05) is 0 Å². The fraction of sp³-hybridized carbons (Fsp3) is 0. The third-order valence-corrected chi connectivity index (χ3v) is 9.17. The van der Waals surface area contributed by atoms with E-state index in [4.69, 9.17) is 19.4 Å². The summed E-state index contributed by atoms with van der Waals surface area (Å²) in [4.78, 5) is 19.4. The lowest BCUT2D eigenvalue weighted by Crippen LogP contribution is -2.00. The maximum atomic E-state index is 6.15. The van der Waals surface area contributed by atoms with Crippen molar-refractivity contribution in [2.45, 2.75) is 0 Å². The zero-order valence-electron chi connectivity index (χ0n) is 25.1. The van der Waals surface area contributed by atoms with Gasteiger partial charge >= 0.3 is 0 Å². The van der Waals surface area contributed by atoms with Crippen molar-refractivity contribution in [3.8, 4) is 67.5 Å². The van der Waals surface area contributed by atoms with E-state index in [9.17, 15) is 0 Å². The van der Waals surface area contributed by atoms with Gasteiger partial charge in [0, 0.05) is 39.9 Å². The van der Waals surface area contributed by atoms with E-state index in [0.29, 0.717) is 17.5 Å². The van der Waals surface area contributed by atoms with Crippen LogP contribution >= 0.6 is 0 Å². The van der Waals surface area contributed by atoms with Gasteiger partial charge in [-0.3, -0.25) is 4.98 Å². The summed E-state index contributed by atoms with van der Waals surface area (Å²) in [7, 11) is 0. The molecule has 3 aromatic heterocycles. The highest BCUT2D eigenvalue weighted by atomic mass is 16.3. The number of fused-ring (bicyclic) bond motifs is 6. The van der Waals surface area contributed by atoms with Gasteiger partial charge in [0.1, 0.15) is 11.2 Å². The van der Waals surface area contributed by atoms with E-state index in [0.717, 1.165) is 44.2 Å². The van der Waals surface area contributed by atoms with Crippen molar-refractivity contribution < 1.29 is 4.42 Å². The summed E-state index contributed by atoms with van der Waals surface area (Å²) in [5, 5.41) is 4.45. The predicted molar refractivity (Wildman–Crippen MR) is 189 cm³/mol. The van der Waals surface area contributed by atoms with E-state index >= 15 is 0 Å². The Labute approximate surface area is 269 Å². The van der Waals surface area contributed by atoms with E-state index in [1.54, 1.807) is 6.20 Å². The molecule has 0 fully saturated rings. The third kappa shape index (κ3) is 4.03. The second-order valence-electron chi connectivity index (χ2n) is 11.9. The minimum absolute atomic E-state index is 0.585. The number of rotatable bonds is 4. The average molecular weight is 601 g/mol. The summed E-state index contributed by atoms with van der Waals surface area (Å²) in [6.45, 7) is 0. The topological polar surface area (TPSA) is 64.7 Å². The van der Waals surface area contributed by atoms with Gasteiger partial charge < -0.3 is 4.42 Å². The van der Waals surface area contributed by atoms with E-state index < -0.39 is 0 Å². The van der Waals surface area contributed by atoms with Crippen LogP contribution in [0, 0.1) is 0 Å². The summed E-state index contributed by atoms with van der Waals surface area (Å²) in [5.41, 5.74) is 11.8. The lowest BCUT2D eigenvalue weighted by atomic mass is 9.95. The van der Waals surface area contributed by atoms with E-state index in [-0.39, 0.29) is 0 Å². The molecule has 0 N–H and O–H groups in total. The molecule has 3 heterocycles. The Kier molecular flexibility index (Phi) is 5.51. The smallest absolute Gasteiger partial charge is 0.164 e. The predicted octanol–water partition coefficient (Wildman–Crippen LogP) is 10.6. The molecule has 6 aromatic carbocycles. The van der Waals surface area contributed by atoms with Crippen LogP contribution in [0.2, 0.25) is 0 Å². The summed E-state index contributed by atoms with van der Waals surface area (Å²) in [6.07, 6.45) is 3.58. The Balaban J connectivity index is 1.11. The van der Waals surface area contributed by atoms with E-state index in [1.165, 1.54) is 38.6 Å².